The van der Waals surface area contributed by atoms with E-state index in [2.05, 4.69) is 5.32 Å². The van der Waals surface area contributed by atoms with Gasteiger partial charge in [0.05, 0.1) is 5.54 Å². The number of urea groups is 1. The summed E-state index contributed by atoms with van der Waals surface area (Å²) in [6, 6.07) is -0.797. The molecular weight excluding hydrogens is 300 g/mol. The lowest BCUT2D eigenvalue weighted by atomic mass is 9.88. The van der Waals surface area contributed by atoms with Crippen molar-refractivity contribution in [1.29, 1.82) is 0 Å². The summed E-state index contributed by atoms with van der Waals surface area (Å²) in [7, 11) is 1.19. The lowest BCUT2D eigenvalue weighted by Gasteiger charge is -2.33. The first kappa shape index (κ1) is 19.3. The molecule has 0 aliphatic carbocycles. The Labute approximate surface area is 129 Å². The van der Waals surface area contributed by atoms with E-state index in [0.717, 1.165) is 0 Å². The van der Waals surface area contributed by atoms with Crippen LogP contribution in [0, 0.1) is 5.92 Å². The third kappa shape index (κ3) is 3.70. The molecule has 8 nitrogen and oxygen atoms in total. The second-order valence-electron chi connectivity index (χ2n) is 5.36. The number of hydrogen-bond acceptors (Lipinski definition) is 5. The van der Waals surface area contributed by atoms with Gasteiger partial charge in [-0.15, -0.1) is 12.4 Å². The second-order valence-corrected chi connectivity index (χ2v) is 5.36. The van der Waals surface area contributed by atoms with Crippen LogP contribution < -0.4 is 11.1 Å². The molecule has 21 heavy (non-hydrogen) atoms. The van der Waals surface area contributed by atoms with Gasteiger partial charge in [0.15, 0.2) is 0 Å². The summed E-state index contributed by atoms with van der Waals surface area (Å²) >= 11 is 0. The molecule has 1 rings (SSSR count). The van der Waals surface area contributed by atoms with E-state index in [0.29, 0.717) is 9.80 Å². The molecule has 1 aliphatic rings. The summed E-state index contributed by atoms with van der Waals surface area (Å²) in [4.78, 5) is 47.7. The number of hydrogen-bond donors (Lipinski definition) is 2. The van der Waals surface area contributed by atoms with E-state index < -0.39 is 35.8 Å². The molecule has 9 heteroatoms. The zero-order valence-electron chi connectivity index (χ0n) is 12.5. The number of likely N-dealkylation sites (N-methyl/N-ethyl adjacent to an activating group) is 1. The zero-order chi connectivity index (χ0) is 15.7. The maximum atomic E-state index is 11.9. The maximum absolute atomic E-state index is 11.9. The predicted octanol–water partition coefficient (Wildman–Crippen LogP) is -0.682. The number of nitrogens with one attached hydrogen (secondary N) is 1. The minimum atomic E-state index is -0.994. The molecule has 0 aromatic heterocycles. The number of nitrogens with zero attached hydrogens (tertiary/aromatic N) is 2. The highest BCUT2D eigenvalue weighted by molar-refractivity contribution is 6.44. The lowest BCUT2D eigenvalue weighted by molar-refractivity contribution is -0.143. The van der Waals surface area contributed by atoms with Gasteiger partial charge in [-0.2, -0.15) is 0 Å². The summed E-state index contributed by atoms with van der Waals surface area (Å²) in [6.45, 7) is 5.31. The van der Waals surface area contributed by atoms with Gasteiger partial charge in [0.1, 0.15) is 6.54 Å². The van der Waals surface area contributed by atoms with Crippen LogP contribution in [0.2, 0.25) is 0 Å². The summed E-state index contributed by atoms with van der Waals surface area (Å²) in [5.74, 6) is -2.39. The molecule has 0 aromatic rings. The number of halogens is 1. The van der Waals surface area contributed by atoms with Crippen molar-refractivity contribution in [3.05, 3.63) is 0 Å². The fourth-order valence-electron chi connectivity index (χ4n) is 1.69. The van der Waals surface area contributed by atoms with Crippen LogP contribution >= 0.6 is 12.4 Å². The van der Waals surface area contributed by atoms with Crippen molar-refractivity contribution in [2.24, 2.45) is 11.7 Å². The van der Waals surface area contributed by atoms with Gasteiger partial charge >= 0.3 is 17.8 Å². The molecule has 1 saturated heterocycles. The van der Waals surface area contributed by atoms with Crippen LogP contribution in [0.3, 0.4) is 0 Å². The van der Waals surface area contributed by atoms with Crippen molar-refractivity contribution in [3.8, 4) is 0 Å². The second kappa shape index (κ2) is 6.86. The summed E-state index contributed by atoms with van der Waals surface area (Å²) in [5.41, 5.74) is 5.00. The van der Waals surface area contributed by atoms with Crippen molar-refractivity contribution >= 4 is 36.2 Å². The molecule has 5 amide bonds. The fourth-order valence-corrected chi connectivity index (χ4v) is 1.69. The average molecular weight is 321 g/mol. The topological polar surface area (TPSA) is 113 Å². The molecule has 0 saturated carbocycles. The number of carbonyl (C=O) groups is 4. The molecule has 3 N–H and O–H groups in total. The standard InChI is InChI=1S/C12H20N4O4.ClH/c1-7(2)12(3,6-13)14-8(17)5-16-10(19)9(18)15(4)11(16)20;/h7H,5-6,13H2,1-4H3,(H,14,17);1H. The Morgan fingerprint density at radius 1 is 1.29 bits per heavy atom. The average Bonchev–Trinajstić information content (AvgIpc) is 2.56. The van der Waals surface area contributed by atoms with Crippen LogP contribution in [-0.4, -0.2) is 59.2 Å². The maximum Gasteiger partial charge on any atom is 0.334 e. The normalized spacial score (nSPS) is 17.9. The molecule has 1 aliphatic heterocycles. The summed E-state index contributed by atoms with van der Waals surface area (Å²) < 4.78 is 0. The van der Waals surface area contributed by atoms with Gasteiger partial charge < -0.3 is 11.1 Å². The van der Waals surface area contributed by atoms with Gasteiger partial charge in [-0.3, -0.25) is 19.3 Å². The Bertz CT molecular complexity index is 468. The number of amides is 5. The number of carbonyl (C=O) groups excluding carboxylic acids is 4. The lowest BCUT2D eigenvalue weighted by Crippen LogP contribution is -2.57. The molecule has 0 spiro atoms. The first-order valence-corrected chi connectivity index (χ1v) is 6.28. The van der Waals surface area contributed by atoms with E-state index in [4.69, 9.17) is 5.73 Å². The first-order chi connectivity index (χ1) is 9.14. The van der Waals surface area contributed by atoms with Crippen molar-refractivity contribution in [1.82, 2.24) is 15.1 Å². The van der Waals surface area contributed by atoms with E-state index >= 15 is 0 Å². The van der Waals surface area contributed by atoms with Crippen molar-refractivity contribution in [3.63, 3.8) is 0 Å². The number of rotatable bonds is 5. The third-order valence-corrected chi connectivity index (χ3v) is 3.68. The molecular formula is C12H21ClN4O4. The zero-order valence-corrected chi connectivity index (χ0v) is 13.3. The van der Waals surface area contributed by atoms with Gasteiger partial charge in [-0.05, 0) is 12.8 Å². The van der Waals surface area contributed by atoms with Gasteiger partial charge in [0, 0.05) is 13.6 Å². The van der Waals surface area contributed by atoms with E-state index in [1.54, 1.807) is 6.92 Å². The van der Waals surface area contributed by atoms with E-state index in [-0.39, 0.29) is 24.9 Å². The Kier molecular flexibility index (Phi) is 6.31. The van der Waals surface area contributed by atoms with Gasteiger partial charge in [0.2, 0.25) is 5.91 Å². The van der Waals surface area contributed by atoms with Crippen LogP contribution in [0.15, 0.2) is 0 Å². The van der Waals surface area contributed by atoms with Crippen LogP contribution in [-0.2, 0) is 14.4 Å². The van der Waals surface area contributed by atoms with E-state index in [1.807, 2.05) is 13.8 Å². The van der Waals surface area contributed by atoms with Gasteiger partial charge in [-0.1, -0.05) is 13.8 Å². The highest BCUT2D eigenvalue weighted by Crippen LogP contribution is 2.15. The Morgan fingerprint density at radius 2 is 1.81 bits per heavy atom. The first-order valence-electron chi connectivity index (χ1n) is 6.28. The number of imide groups is 2. The van der Waals surface area contributed by atoms with Crippen LogP contribution in [0.25, 0.3) is 0 Å². The molecule has 1 heterocycles. The summed E-state index contributed by atoms with van der Waals surface area (Å²) in [5, 5.41) is 2.70. The highest BCUT2D eigenvalue weighted by atomic mass is 35.5. The van der Waals surface area contributed by atoms with Crippen molar-refractivity contribution in [2.45, 2.75) is 26.3 Å². The Morgan fingerprint density at radius 3 is 2.14 bits per heavy atom. The monoisotopic (exact) mass is 320 g/mol. The molecule has 0 radical (unpaired) electrons. The van der Waals surface area contributed by atoms with E-state index in [9.17, 15) is 19.2 Å². The SMILES string of the molecule is CC(C)C(C)(CN)NC(=O)CN1C(=O)C(=O)N(C)C1=O.Cl. The van der Waals surface area contributed by atoms with Crippen molar-refractivity contribution < 1.29 is 19.2 Å². The molecule has 1 atom stereocenters. The fraction of sp³-hybridized carbons (Fsp3) is 0.667. The molecule has 120 valence electrons. The molecule has 1 unspecified atom stereocenters. The van der Waals surface area contributed by atoms with Crippen LogP contribution in [0.5, 0.6) is 0 Å². The Hall–Kier alpha value is -1.67. The van der Waals surface area contributed by atoms with Crippen LogP contribution in [0.4, 0.5) is 4.79 Å². The highest BCUT2D eigenvalue weighted by Gasteiger charge is 2.43. The minimum Gasteiger partial charge on any atom is -0.348 e. The largest absolute Gasteiger partial charge is 0.348 e. The number of nitrogens with two attached hydrogens (primary N) is 1. The molecule has 0 aromatic carbocycles. The van der Waals surface area contributed by atoms with E-state index in [1.165, 1.54) is 7.05 Å². The Balaban J connectivity index is 0.00000400. The predicted molar refractivity (Wildman–Crippen MR) is 77.6 cm³/mol. The minimum absolute atomic E-state index is 0. The smallest absolute Gasteiger partial charge is 0.334 e. The van der Waals surface area contributed by atoms with Crippen LogP contribution in [0.1, 0.15) is 20.8 Å². The molecule has 0 bridgehead atoms. The van der Waals surface area contributed by atoms with Crippen molar-refractivity contribution in [2.75, 3.05) is 20.1 Å². The van der Waals surface area contributed by atoms with Gasteiger partial charge in [0.25, 0.3) is 0 Å². The van der Waals surface area contributed by atoms with Gasteiger partial charge in [-0.25, -0.2) is 9.69 Å². The third-order valence-electron chi connectivity index (χ3n) is 3.68. The quantitative estimate of drug-likeness (QED) is 0.514. The summed E-state index contributed by atoms with van der Waals surface area (Å²) in [6.07, 6.45) is 0. The molecule has 1 fully saturated rings.